The Labute approximate surface area is 155 Å². The van der Waals surface area contributed by atoms with Gasteiger partial charge in [0.2, 0.25) is 11.8 Å². The molecule has 0 bridgehead atoms. The van der Waals surface area contributed by atoms with Crippen LogP contribution in [0.2, 0.25) is 5.02 Å². The second-order valence-corrected chi connectivity index (χ2v) is 6.99. The van der Waals surface area contributed by atoms with E-state index in [1.165, 1.54) is 0 Å². The van der Waals surface area contributed by atoms with Crippen LogP contribution in [0.4, 0.5) is 18.9 Å². The Hall–Kier alpha value is -1.80. The van der Waals surface area contributed by atoms with E-state index in [0.717, 1.165) is 31.2 Å². The topological polar surface area (TPSA) is 52.6 Å². The largest absolute Gasteiger partial charge is 0.416 e. The quantitative estimate of drug-likeness (QED) is 0.810. The van der Waals surface area contributed by atoms with Crippen LogP contribution in [0.15, 0.2) is 18.2 Å². The first-order valence-electron chi connectivity index (χ1n) is 8.18. The molecule has 0 saturated carbocycles. The van der Waals surface area contributed by atoms with Crippen molar-refractivity contribution in [2.24, 2.45) is 5.92 Å². The second-order valence-electron chi connectivity index (χ2n) is 6.58. The van der Waals surface area contributed by atoms with Crippen LogP contribution in [0.5, 0.6) is 0 Å². The second kappa shape index (κ2) is 8.26. The lowest BCUT2D eigenvalue weighted by molar-refractivity contribution is -0.137. The summed E-state index contributed by atoms with van der Waals surface area (Å²) in [5.74, 6) is -1.24. The molecule has 1 atom stereocenters. The minimum absolute atomic E-state index is 0.0125. The Balaban J connectivity index is 1.99. The molecule has 5 nitrogen and oxygen atoms in total. The summed E-state index contributed by atoms with van der Waals surface area (Å²) >= 11 is 5.89. The van der Waals surface area contributed by atoms with Crippen LogP contribution in [-0.2, 0) is 15.8 Å². The Morgan fingerprint density at radius 1 is 1.38 bits per heavy atom. The lowest BCUT2D eigenvalue weighted by Gasteiger charge is -2.18. The van der Waals surface area contributed by atoms with E-state index in [0.29, 0.717) is 6.54 Å². The van der Waals surface area contributed by atoms with Crippen LogP contribution in [0, 0.1) is 5.92 Å². The smallest absolute Gasteiger partial charge is 0.342 e. The third-order valence-electron chi connectivity index (χ3n) is 4.17. The zero-order valence-corrected chi connectivity index (χ0v) is 15.3. The maximum Gasteiger partial charge on any atom is 0.416 e. The first-order valence-corrected chi connectivity index (χ1v) is 8.56. The zero-order valence-electron chi connectivity index (χ0n) is 14.6. The number of carbonyl (C=O) groups is 2. The fourth-order valence-electron chi connectivity index (χ4n) is 2.77. The molecule has 1 aromatic rings. The van der Waals surface area contributed by atoms with E-state index in [4.69, 9.17) is 11.6 Å². The van der Waals surface area contributed by atoms with Crippen molar-refractivity contribution in [2.45, 2.75) is 19.0 Å². The predicted molar refractivity (Wildman–Crippen MR) is 92.9 cm³/mol. The van der Waals surface area contributed by atoms with E-state index in [-0.39, 0.29) is 29.6 Å². The average Bonchev–Trinajstić information content (AvgIpc) is 2.89. The molecule has 9 heteroatoms. The van der Waals surface area contributed by atoms with Crippen LogP contribution in [0.1, 0.15) is 18.4 Å². The molecule has 1 heterocycles. The van der Waals surface area contributed by atoms with E-state index in [2.05, 4.69) is 5.32 Å². The number of hydrogen-bond acceptors (Lipinski definition) is 3. The van der Waals surface area contributed by atoms with E-state index >= 15 is 0 Å². The summed E-state index contributed by atoms with van der Waals surface area (Å²) in [4.78, 5) is 28.0. The number of nitrogens with zero attached hydrogens (tertiary/aromatic N) is 2. The van der Waals surface area contributed by atoms with E-state index in [1.54, 1.807) is 4.90 Å². The van der Waals surface area contributed by atoms with Crippen molar-refractivity contribution in [3.63, 3.8) is 0 Å². The van der Waals surface area contributed by atoms with Gasteiger partial charge in [0.15, 0.2) is 0 Å². The SMILES string of the molecule is CN(C)CCCN1CC(C(=O)Nc2cc(C(F)(F)F)ccc2Cl)CC1=O. The van der Waals surface area contributed by atoms with Crippen molar-refractivity contribution < 1.29 is 22.8 Å². The Morgan fingerprint density at radius 3 is 2.69 bits per heavy atom. The normalized spacial score (nSPS) is 17.9. The molecule has 0 aliphatic carbocycles. The lowest BCUT2D eigenvalue weighted by Crippen LogP contribution is -2.30. The van der Waals surface area contributed by atoms with Gasteiger partial charge < -0.3 is 15.1 Å². The summed E-state index contributed by atoms with van der Waals surface area (Å²) in [7, 11) is 3.86. The van der Waals surface area contributed by atoms with Gasteiger partial charge in [-0.1, -0.05) is 11.6 Å². The van der Waals surface area contributed by atoms with Crippen molar-refractivity contribution in [1.82, 2.24) is 9.80 Å². The highest BCUT2D eigenvalue weighted by Gasteiger charge is 2.35. The molecule has 2 rings (SSSR count). The van der Waals surface area contributed by atoms with Gasteiger partial charge in [-0.3, -0.25) is 9.59 Å². The summed E-state index contributed by atoms with van der Waals surface area (Å²) in [5.41, 5.74) is -1.00. The molecule has 1 aromatic carbocycles. The Morgan fingerprint density at radius 2 is 2.08 bits per heavy atom. The zero-order chi connectivity index (χ0) is 19.5. The van der Waals surface area contributed by atoms with Gasteiger partial charge in [-0.15, -0.1) is 0 Å². The highest BCUT2D eigenvalue weighted by Crippen LogP contribution is 2.34. The van der Waals surface area contributed by atoms with Crippen LogP contribution < -0.4 is 5.32 Å². The summed E-state index contributed by atoms with van der Waals surface area (Å²) in [6, 6.07) is 2.74. The third kappa shape index (κ3) is 5.35. The fraction of sp³-hybridized carbons (Fsp3) is 0.529. The summed E-state index contributed by atoms with van der Waals surface area (Å²) in [6.07, 6.45) is -3.70. The molecule has 1 saturated heterocycles. The van der Waals surface area contributed by atoms with Gasteiger partial charge in [0.25, 0.3) is 0 Å². The molecular weight excluding hydrogens is 371 g/mol. The Bertz CT molecular complexity index is 680. The first kappa shape index (κ1) is 20.5. The predicted octanol–water partition coefficient (Wildman–Crippen LogP) is 3.10. The minimum Gasteiger partial charge on any atom is -0.342 e. The van der Waals surface area contributed by atoms with Gasteiger partial charge in [-0.2, -0.15) is 13.2 Å². The standard InChI is InChI=1S/C17H21ClF3N3O2/c1-23(2)6-3-7-24-10-11(8-15(24)25)16(26)22-14-9-12(17(19,20)21)4-5-13(14)18/h4-5,9,11H,3,6-8,10H2,1-2H3,(H,22,26). The molecule has 1 N–H and O–H groups in total. The summed E-state index contributed by atoms with van der Waals surface area (Å²) < 4.78 is 38.4. The number of rotatable bonds is 6. The van der Waals surface area contributed by atoms with Crippen LogP contribution >= 0.6 is 11.6 Å². The van der Waals surface area contributed by atoms with Crippen LogP contribution in [0.3, 0.4) is 0 Å². The molecular formula is C17H21ClF3N3O2. The van der Waals surface area contributed by atoms with Gasteiger partial charge >= 0.3 is 6.18 Å². The number of benzene rings is 1. The van der Waals surface area contributed by atoms with E-state index in [1.807, 2.05) is 19.0 Å². The average molecular weight is 392 g/mol. The van der Waals surface area contributed by atoms with Crippen molar-refractivity contribution in [3.05, 3.63) is 28.8 Å². The first-order chi connectivity index (χ1) is 12.1. The van der Waals surface area contributed by atoms with Crippen LogP contribution in [-0.4, -0.2) is 55.3 Å². The number of nitrogens with one attached hydrogen (secondary N) is 1. The van der Waals surface area contributed by atoms with Crippen molar-refractivity contribution in [3.8, 4) is 0 Å². The number of halogens is 4. The number of anilines is 1. The van der Waals surface area contributed by atoms with Gasteiger partial charge in [-0.05, 0) is 45.3 Å². The van der Waals surface area contributed by atoms with Crippen molar-refractivity contribution >= 4 is 29.1 Å². The third-order valence-corrected chi connectivity index (χ3v) is 4.50. The number of likely N-dealkylation sites (tertiary alicyclic amines) is 1. The maximum atomic E-state index is 12.8. The van der Waals surface area contributed by atoms with Crippen molar-refractivity contribution in [2.75, 3.05) is 39.0 Å². The molecule has 144 valence electrons. The molecule has 26 heavy (non-hydrogen) atoms. The monoisotopic (exact) mass is 391 g/mol. The molecule has 1 unspecified atom stereocenters. The summed E-state index contributed by atoms with van der Waals surface area (Å²) in [5, 5.41) is 2.43. The molecule has 0 spiro atoms. The number of carbonyl (C=O) groups excluding carboxylic acids is 2. The highest BCUT2D eigenvalue weighted by atomic mass is 35.5. The molecule has 0 aromatic heterocycles. The van der Waals surface area contributed by atoms with Crippen LogP contribution in [0.25, 0.3) is 0 Å². The Kier molecular flexibility index (Phi) is 6.52. The van der Waals surface area contributed by atoms with Gasteiger partial charge in [0, 0.05) is 19.5 Å². The van der Waals surface area contributed by atoms with Gasteiger partial charge in [0.05, 0.1) is 22.2 Å². The molecule has 1 fully saturated rings. The number of alkyl halides is 3. The van der Waals surface area contributed by atoms with Crippen molar-refractivity contribution in [1.29, 1.82) is 0 Å². The highest BCUT2D eigenvalue weighted by molar-refractivity contribution is 6.33. The fourth-order valence-corrected chi connectivity index (χ4v) is 2.94. The van der Waals surface area contributed by atoms with Gasteiger partial charge in [0.1, 0.15) is 0 Å². The number of amides is 2. The lowest BCUT2D eigenvalue weighted by atomic mass is 10.1. The molecule has 2 amide bonds. The summed E-state index contributed by atoms with van der Waals surface area (Å²) in [6.45, 7) is 1.63. The van der Waals surface area contributed by atoms with E-state index < -0.39 is 23.6 Å². The number of hydrogen-bond donors (Lipinski definition) is 1. The van der Waals surface area contributed by atoms with Gasteiger partial charge in [-0.25, -0.2) is 0 Å². The minimum atomic E-state index is -4.53. The molecule has 1 aliphatic rings. The maximum absolute atomic E-state index is 12.8. The molecule has 0 radical (unpaired) electrons. The molecule has 1 aliphatic heterocycles. The van der Waals surface area contributed by atoms with E-state index in [9.17, 15) is 22.8 Å².